The smallest absolute Gasteiger partial charge is 0.481 e. The normalized spacial score (nSPS) is 17.3. The molecule has 3 heterocycles. The highest BCUT2D eigenvalue weighted by Gasteiger charge is 2.38. The number of rotatable bonds is 8. The van der Waals surface area contributed by atoms with Crippen LogP contribution in [0.15, 0.2) is 36.7 Å². The minimum absolute atomic E-state index is 0.602. The van der Waals surface area contributed by atoms with Crippen molar-refractivity contribution in [2.45, 2.75) is 51.2 Å². The van der Waals surface area contributed by atoms with Gasteiger partial charge in [0.15, 0.2) is 0 Å². The van der Waals surface area contributed by atoms with Gasteiger partial charge in [-0.1, -0.05) is 6.07 Å². The number of aliphatic carboxylic acids is 2. The Morgan fingerprint density at radius 3 is 2.17 bits per heavy atom. The van der Waals surface area contributed by atoms with Crippen molar-refractivity contribution in [3.63, 3.8) is 0 Å². The highest BCUT2D eigenvalue weighted by atomic mass is 19.4. The first kappa shape index (κ1) is 32.9. The fourth-order valence-electron chi connectivity index (χ4n) is 3.82. The summed E-state index contributed by atoms with van der Waals surface area (Å²) in [5.74, 6) is -3.34. The third-order valence-electron chi connectivity index (χ3n) is 5.92. The molecule has 0 spiro atoms. The van der Waals surface area contributed by atoms with Gasteiger partial charge in [0.1, 0.15) is 0 Å². The molecule has 1 aliphatic heterocycles. The van der Waals surface area contributed by atoms with E-state index in [0.717, 1.165) is 63.2 Å². The molecule has 1 saturated carbocycles. The van der Waals surface area contributed by atoms with Crippen LogP contribution in [0.3, 0.4) is 0 Å². The van der Waals surface area contributed by atoms with Crippen LogP contribution in [-0.2, 0) is 34.0 Å². The first-order chi connectivity index (χ1) is 18.7. The number of pyridine rings is 1. The number of alkyl halides is 6. The quantitative estimate of drug-likeness (QED) is 0.342. The van der Waals surface area contributed by atoms with Crippen LogP contribution in [0.5, 0.6) is 5.88 Å². The lowest BCUT2D eigenvalue weighted by molar-refractivity contribution is -0.193. The lowest BCUT2D eigenvalue weighted by atomic mass is 10.1. The second-order valence-corrected chi connectivity index (χ2v) is 9.27. The van der Waals surface area contributed by atoms with Gasteiger partial charge in [-0.15, -0.1) is 0 Å². The number of hydrogen-bond donors (Lipinski definition) is 2. The van der Waals surface area contributed by atoms with E-state index in [1.54, 1.807) is 13.3 Å². The molecule has 2 aromatic heterocycles. The molecule has 0 saturated heterocycles. The molecular weight excluding hydrogens is 552 g/mol. The van der Waals surface area contributed by atoms with Gasteiger partial charge in [0.05, 0.1) is 7.11 Å². The summed E-state index contributed by atoms with van der Waals surface area (Å²) < 4.78 is 77.2. The van der Waals surface area contributed by atoms with Crippen molar-refractivity contribution in [2.75, 3.05) is 26.9 Å². The maximum Gasteiger partial charge on any atom is 0.490 e. The molecule has 2 aliphatic rings. The summed E-state index contributed by atoms with van der Waals surface area (Å²) in [4.78, 5) is 24.7. The van der Waals surface area contributed by atoms with Gasteiger partial charge in [0.25, 0.3) is 0 Å². The van der Waals surface area contributed by atoms with Gasteiger partial charge < -0.3 is 24.3 Å². The van der Waals surface area contributed by atoms with E-state index in [1.807, 2.05) is 6.07 Å². The van der Waals surface area contributed by atoms with Crippen molar-refractivity contribution < 1.29 is 55.6 Å². The summed E-state index contributed by atoms with van der Waals surface area (Å²) in [5.41, 5.74) is 2.54. The predicted octanol–water partition coefficient (Wildman–Crippen LogP) is 4.61. The Morgan fingerprint density at radius 1 is 1.00 bits per heavy atom. The molecule has 9 nitrogen and oxygen atoms in total. The van der Waals surface area contributed by atoms with Crippen LogP contribution in [0, 0.1) is 11.8 Å². The Morgan fingerprint density at radius 2 is 1.62 bits per heavy atom. The van der Waals surface area contributed by atoms with Crippen LogP contribution < -0.4 is 4.74 Å². The molecule has 1 atom stereocenters. The zero-order chi connectivity index (χ0) is 29.9. The number of carboxylic acids is 2. The summed E-state index contributed by atoms with van der Waals surface area (Å²) in [6, 6.07) is 8.49. The van der Waals surface area contributed by atoms with E-state index >= 15 is 0 Å². The molecule has 0 amide bonds. The fraction of sp³-hybridized carbons (Fsp3) is 0.560. The number of halogens is 6. The number of ether oxygens (including phenoxy) is 2. The Labute approximate surface area is 226 Å². The molecular formula is C25H31F6N3O6. The number of carbonyl (C=O) groups is 2. The number of fused-ring (bicyclic) bond motifs is 1. The van der Waals surface area contributed by atoms with E-state index in [1.165, 1.54) is 18.5 Å². The predicted molar refractivity (Wildman–Crippen MR) is 128 cm³/mol. The summed E-state index contributed by atoms with van der Waals surface area (Å²) in [5, 5.41) is 14.2. The molecule has 0 bridgehead atoms. The highest BCUT2D eigenvalue weighted by Crippen LogP contribution is 2.29. The molecule has 0 aromatic carbocycles. The third kappa shape index (κ3) is 11.8. The molecule has 2 aromatic rings. The second kappa shape index (κ2) is 14.9. The maximum atomic E-state index is 10.6. The zero-order valence-electron chi connectivity index (χ0n) is 21.6. The first-order valence-corrected chi connectivity index (χ1v) is 12.2. The van der Waals surface area contributed by atoms with Gasteiger partial charge in [-0.05, 0) is 49.3 Å². The van der Waals surface area contributed by atoms with Crippen LogP contribution in [0.1, 0.15) is 30.5 Å². The SMILES string of the molecule is COc1ncccc1CN1Cc2cccn2CC(CCOCC2CC2)C1.O=C(O)C(F)(F)F.O=C(O)C(F)(F)F. The summed E-state index contributed by atoms with van der Waals surface area (Å²) in [6.07, 6.45) is -2.34. The molecule has 0 radical (unpaired) electrons. The van der Waals surface area contributed by atoms with Gasteiger partial charge in [0, 0.05) is 63.0 Å². The van der Waals surface area contributed by atoms with E-state index in [-0.39, 0.29) is 0 Å². The summed E-state index contributed by atoms with van der Waals surface area (Å²) in [6.45, 7) is 5.81. The maximum absolute atomic E-state index is 10.6. The number of methoxy groups -OCH3 is 1. The summed E-state index contributed by atoms with van der Waals surface area (Å²) in [7, 11) is 1.69. The lowest BCUT2D eigenvalue weighted by Crippen LogP contribution is -2.28. The number of carboxylic acid groups (broad SMARTS) is 2. The van der Waals surface area contributed by atoms with Crippen molar-refractivity contribution in [3.8, 4) is 5.88 Å². The van der Waals surface area contributed by atoms with E-state index in [0.29, 0.717) is 5.92 Å². The minimum atomic E-state index is -5.08. The Bertz CT molecular complexity index is 1060. The van der Waals surface area contributed by atoms with Crippen molar-refractivity contribution in [3.05, 3.63) is 47.9 Å². The molecule has 15 heteroatoms. The van der Waals surface area contributed by atoms with Crippen LogP contribution in [0.2, 0.25) is 0 Å². The number of nitrogens with zero attached hydrogens (tertiary/aromatic N) is 3. The van der Waals surface area contributed by atoms with Crippen LogP contribution in [0.4, 0.5) is 26.3 Å². The highest BCUT2D eigenvalue weighted by molar-refractivity contribution is 5.73. The molecule has 224 valence electrons. The van der Waals surface area contributed by atoms with Crippen LogP contribution >= 0.6 is 0 Å². The van der Waals surface area contributed by atoms with Crippen molar-refractivity contribution in [1.82, 2.24) is 14.5 Å². The van der Waals surface area contributed by atoms with Gasteiger partial charge in [-0.3, -0.25) is 4.90 Å². The minimum Gasteiger partial charge on any atom is -0.481 e. The number of hydrogen-bond acceptors (Lipinski definition) is 6. The van der Waals surface area contributed by atoms with Crippen molar-refractivity contribution >= 4 is 11.9 Å². The standard InChI is InChI=1S/C21H29N3O2.2C2HF3O2/c1-25-21-19(4-2-9-22-21)14-23-12-18(8-11-26-16-17-6-7-17)13-24-10-3-5-20(24)15-23;2*3-2(4,5)1(6)7/h2-5,9-10,17-18H,6-8,11-16H2,1H3;2*(H,6,7). The van der Waals surface area contributed by atoms with Crippen LogP contribution in [-0.4, -0.2) is 75.8 Å². The van der Waals surface area contributed by atoms with Gasteiger partial charge in [-0.25, -0.2) is 14.6 Å². The fourth-order valence-corrected chi connectivity index (χ4v) is 3.82. The largest absolute Gasteiger partial charge is 0.490 e. The van der Waals surface area contributed by atoms with Gasteiger partial charge >= 0.3 is 24.3 Å². The van der Waals surface area contributed by atoms with Crippen LogP contribution in [0.25, 0.3) is 0 Å². The lowest BCUT2D eigenvalue weighted by Gasteiger charge is -2.24. The average Bonchev–Trinajstić information content (AvgIpc) is 3.63. The molecule has 2 N–H and O–H groups in total. The molecule has 1 fully saturated rings. The average molecular weight is 584 g/mol. The Kier molecular flexibility index (Phi) is 12.2. The van der Waals surface area contributed by atoms with Crippen molar-refractivity contribution in [1.29, 1.82) is 0 Å². The van der Waals surface area contributed by atoms with Gasteiger partial charge in [-0.2, -0.15) is 26.3 Å². The van der Waals surface area contributed by atoms with Gasteiger partial charge in [0.2, 0.25) is 5.88 Å². The first-order valence-electron chi connectivity index (χ1n) is 12.2. The number of aromatic nitrogens is 2. The second-order valence-electron chi connectivity index (χ2n) is 9.27. The molecule has 40 heavy (non-hydrogen) atoms. The topological polar surface area (TPSA) is 114 Å². The van der Waals surface area contributed by atoms with E-state index in [4.69, 9.17) is 29.3 Å². The van der Waals surface area contributed by atoms with E-state index in [2.05, 4.69) is 38.8 Å². The molecule has 1 unspecified atom stereocenters. The molecule has 4 rings (SSSR count). The van der Waals surface area contributed by atoms with Crippen molar-refractivity contribution in [2.24, 2.45) is 11.8 Å². The Hall–Kier alpha value is -3.33. The Balaban J connectivity index is 0.000000333. The van der Waals surface area contributed by atoms with E-state index in [9.17, 15) is 26.3 Å². The summed E-state index contributed by atoms with van der Waals surface area (Å²) >= 11 is 0. The molecule has 1 aliphatic carbocycles. The monoisotopic (exact) mass is 583 g/mol. The van der Waals surface area contributed by atoms with E-state index < -0.39 is 24.3 Å². The third-order valence-corrected chi connectivity index (χ3v) is 5.92. The zero-order valence-corrected chi connectivity index (χ0v) is 21.6.